The zero-order valence-corrected chi connectivity index (χ0v) is 11.2. The van der Waals surface area contributed by atoms with Gasteiger partial charge in [0.25, 0.3) is 0 Å². The first-order chi connectivity index (χ1) is 7.22. The van der Waals surface area contributed by atoms with Crippen molar-refractivity contribution in [3.05, 3.63) is 11.9 Å². The van der Waals surface area contributed by atoms with Gasteiger partial charge in [0.2, 0.25) is 0 Å². The van der Waals surface area contributed by atoms with Gasteiger partial charge in [-0.25, -0.2) is 0 Å². The lowest BCUT2D eigenvalue weighted by Gasteiger charge is -2.11. The highest BCUT2D eigenvalue weighted by Crippen LogP contribution is 2.22. The van der Waals surface area contributed by atoms with Crippen molar-refractivity contribution in [2.24, 2.45) is 5.92 Å². The van der Waals surface area contributed by atoms with Crippen molar-refractivity contribution in [3.8, 4) is 5.75 Å². The Morgan fingerprint density at radius 1 is 1.60 bits per heavy atom. The minimum absolute atomic E-state index is 0.603. The average molecular weight is 275 g/mol. The molecule has 0 N–H and O–H groups in total. The van der Waals surface area contributed by atoms with Crippen LogP contribution in [0.4, 0.5) is 0 Å². The van der Waals surface area contributed by atoms with Crippen LogP contribution in [-0.2, 0) is 13.0 Å². The number of methoxy groups -OCH3 is 1. The third-order valence-corrected chi connectivity index (χ3v) is 3.48. The number of hydrogen-bond donors (Lipinski definition) is 0. The molecule has 1 unspecified atom stereocenters. The van der Waals surface area contributed by atoms with Crippen LogP contribution < -0.4 is 4.74 Å². The third-order valence-electron chi connectivity index (χ3n) is 2.37. The number of halogens is 1. The van der Waals surface area contributed by atoms with Gasteiger partial charge in [0.15, 0.2) is 5.75 Å². The molecule has 86 valence electrons. The molecule has 0 bridgehead atoms. The molecule has 0 saturated carbocycles. The van der Waals surface area contributed by atoms with Crippen LogP contribution in [0.2, 0.25) is 0 Å². The zero-order valence-electron chi connectivity index (χ0n) is 9.66. The van der Waals surface area contributed by atoms with Gasteiger partial charge in [0.05, 0.1) is 19.0 Å². The third kappa shape index (κ3) is 3.23. The molecule has 3 nitrogen and oxygen atoms in total. The van der Waals surface area contributed by atoms with Gasteiger partial charge in [-0.1, -0.05) is 29.8 Å². The molecule has 1 atom stereocenters. The monoisotopic (exact) mass is 274 g/mol. The Morgan fingerprint density at radius 2 is 2.33 bits per heavy atom. The molecule has 0 aromatic carbocycles. The molecule has 4 heteroatoms. The lowest BCUT2D eigenvalue weighted by Crippen LogP contribution is -2.10. The summed E-state index contributed by atoms with van der Waals surface area (Å²) >= 11 is 3.50. The topological polar surface area (TPSA) is 27.1 Å². The predicted octanol–water partition coefficient (Wildman–Crippen LogP) is 2.88. The van der Waals surface area contributed by atoms with Crippen molar-refractivity contribution in [1.29, 1.82) is 0 Å². The molecule has 0 aliphatic heterocycles. The molecule has 1 aromatic rings. The van der Waals surface area contributed by atoms with E-state index in [1.165, 1.54) is 5.69 Å². The maximum absolute atomic E-state index is 5.32. The standard InChI is InChI=1S/C11H19BrN2O/c1-4-5-14-10(6-9(2)7-12)11(15-3)8-13-14/h8-9H,4-7H2,1-3H3. The molecule has 0 aliphatic carbocycles. The zero-order chi connectivity index (χ0) is 11.3. The Balaban J connectivity index is 2.84. The Morgan fingerprint density at radius 3 is 2.87 bits per heavy atom. The fourth-order valence-corrected chi connectivity index (χ4v) is 1.79. The first-order valence-corrected chi connectivity index (χ1v) is 6.49. The Kier molecular flexibility index (Phi) is 5.15. The number of hydrogen-bond acceptors (Lipinski definition) is 2. The first-order valence-electron chi connectivity index (χ1n) is 5.37. The van der Waals surface area contributed by atoms with Crippen molar-refractivity contribution < 1.29 is 4.74 Å². The molecule has 1 heterocycles. The van der Waals surface area contributed by atoms with Gasteiger partial charge in [0.1, 0.15) is 0 Å². The highest BCUT2D eigenvalue weighted by atomic mass is 79.9. The molecule has 0 amide bonds. The molecule has 0 fully saturated rings. The summed E-state index contributed by atoms with van der Waals surface area (Å²) in [7, 11) is 1.70. The number of aryl methyl sites for hydroxylation is 1. The van der Waals surface area contributed by atoms with Crippen LogP contribution >= 0.6 is 15.9 Å². The first kappa shape index (κ1) is 12.6. The summed E-state index contributed by atoms with van der Waals surface area (Å²) < 4.78 is 7.37. The maximum atomic E-state index is 5.32. The normalized spacial score (nSPS) is 12.8. The summed E-state index contributed by atoms with van der Waals surface area (Å²) in [6, 6.07) is 0. The molecule has 15 heavy (non-hydrogen) atoms. The van der Waals surface area contributed by atoms with Gasteiger partial charge in [-0.3, -0.25) is 4.68 Å². The highest BCUT2D eigenvalue weighted by Gasteiger charge is 2.13. The van der Waals surface area contributed by atoms with E-state index >= 15 is 0 Å². The van der Waals surface area contributed by atoms with Crippen molar-refractivity contribution in [2.45, 2.75) is 33.2 Å². The summed E-state index contributed by atoms with van der Waals surface area (Å²) in [6.07, 6.45) is 3.92. The second-order valence-electron chi connectivity index (χ2n) is 3.85. The molecule has 0 aliphatic rings. The summed E-state index contributed by atoms with van der Waals surface area (Å²) in [5.74, 6) is 1.52. The van der Waals surface area contributed by atoms with E-state index < -0.39 is 0 Å². The molecule has 1 rings (SSSR count). The number of nitrogens with zero attached hydrogens (tertiary/aromatic N) is 2. The Hall–Kier alpha value is -0.510. The molecular formula is C11H19BrN2O. The Labute approximate surface area is 99.9 Å². The minimum atomic E-state index is 0.603. The van der Waals surface area contributed by atoms with E-state index in [2.05, 4.69) is 39.6 Å². The highest BCUT2D eigenvalue weighted by molar-refractivity contribution is 9.09. The van der Waals surface area contributed by atoms with Gasteiger partial charge in [-0.2, -0.15) is 5.10 Å². The second-order valence-corrected chi connectivity index (χ2v) is 4.49. The summed E-state index contributed by atoms with van der Waals surface area (Å²) in [4.78, 5) is 0. The van der Waals surface area contributed by atoms with Gasteiger partial charge < -0.3 is 4.74 Å². The van der Waals surface area contributed by atoms with E-state index in [1.54, 1.807) is 7.11 Å². The van der Waals surface area contributed by atoms with E-state index in [0.717, 1.165) is 30.5 Å². The molecule has 0 radical (unpaired) electrons. The van der Waals surface area contributed by atoms with Crippen LogP contribution in [0.1, 0.15) is 26.0 Å². The number of ether oxygens (including phenoxy) is 1. The maximum Gasteiger partial charge on any atom is 0.159 e. The SMILES string of the molecule is CCCn1ncc(OC)c1CC(C)CBr. The van der Waals surface area contributed by atoms with Crippen LogP contribution in [0.15, 0.2) is 6.20 Å². The summed E-state index contributed by atoms with van der Waals surface area (Å²) in [6.45, 7) is 5.34. The number of rotatable bonds is 6. The molecule has 1 aromatic heterocycles. The van der Waals surface area contributed by atoms with E-state index in [9.17, 15) is 0 Å². The minimum Gasteiger partial charge on any atom is -0.493 e. The van der Waals surface area contributed by atoms with Gasteiger partial charge in [0, 0.05) is 11.9 Å². The Bertz CT molecular complexity index is 299. The van der Waals surface area contributed by atoms with Crippen LogP contribution in [0.25, 0.3) is 0 Å². The van der Waals surface area contributed by atoms with E-state index in [-0.39, 0.29) is 0 Å². The van der Waals surface area contributed by atoms with Crippen LogP contribution in [0.3, 0.4) is 0 Å². The van der Waals surface area contributed by atoms with Crippen molar-refractivity contribution in [1.82, 2.24) is 9.78 Å². The largest absolute Gasteiger partial charge is 0.493 e. The fraction of sp³-hybridized carbons (Fsp3) is 0.727. The lowest BCUT2D eigenvalue weighted by molar-refractivity contribution is 0.402. The number of aromatic nitrogens is 2. The quantitative estimate of drug-likeness (QED) is 0.746. The second kappa shape index (κ2) is 6.16. The van der Waals surface area contributed by atoms with Crippen molar-refractivity contribution >= 4 is 15.9 Å². The van der Waals surface area contributed by atoms with Crippen LogP contribution in [0, 0.1) is 5.92 Å². The van der Waals surface area contributed by atoms with Crippen molar-refractivity contribution in [3.63, 3.8) is 0 Å². The van der Waals surface area contributed by atoms with Gasteiger partial charge >= 0.3 is 0 Å². The fourth-order valence-electron chi connectivity index (χ4n) is 1.56. The van der Waals surface area contributed by atoms with Crippen LogP contribution in [-0.4, -0.2) is 22.2 Å². The van der Waals surface area contributed by atoms with E-state index in [1.807, 2.05) is 6.20 Å². The number of alkyl halides is 1. The van der Waals surface area contributed by atoms with Gasteiger partial charge in [-0.15, -0.1) is 0 Å². The summed E-state index contributed by atoms with van der Waals surface area (Å²) in [5.41, 5.74) is 1.21. The predicted molar refractivity (Wildman–Crippen MR) is 65.7 cm³/mol. The molecular weight excluding hydrogens is 256 g/mol. The van der Waals surface area contributed by atoms with Gasteiger partial charge in [-0.05, 0) is 18.8 Å². The smallest absolute Gasteiger partial charge is 0.159 e. The average Bonchev–Trinajstić information content (AvgIpc) is 2.61. The molecule has 0 spiro atoms. The van der Waals surface area contributed by atoms with E-state index in [0.29, 0.717) is 5.92 Å². The van der Waals surface area contributed by atoms with E-state index in [4.69, 9.17) is 4.74 Å². The summed E-state index contributed by atoms with van der Waals surface area (Å²) in [5, 5.41) is 5.35. The molecule has 0 saturated heterocycles. The van der Waals surface area contributed by atoms with Crippen molar-refractivity contribution in [2.75, 3.05) is 12.4 Å². The van der Waals surface area contributed by atoms with Crippen LogP contribution in [0.5, 0.6) is 5.75 Å². The lowest BCUT2D eigenvalue weighted by atomic mass is 10.1.